The van der Waals surface area contributed by atoms with Gasteiger partial charge in [0.05, 0.1) is 5.69 Å². The first kappa shape index (κ1) is 14.0. The summed E-state index contributed by atoms with van der Waals surface area (Å²) in [6, 6.07) is 3.48. The van der Waals surface area contributed by atoms with Crippen molar-refractivity contribution in [3.63, 3.8) is 0 Å². The fourth-order valence-corrected chi connectivity index (χ4v) is 3.77. The number of hydrogen-bond acceptors (Lipinski definition) is 5. The Morgan fingerprint density at radius 1 is 1.42 bits per heavy atom. The van der Waals surface area contributed by atoms with Gasteiger partial charge in [0.2, 0.25) is 10.0 Å². The van der Waals surface area contributed by atoms with Gasteiger partial charge in [-0.3, -0.25) is 4.98 Å². The van der Waals surface area contributed by atoms with Crippen LogP contribution in [0.25, 0.3) is 0 Å². The third kappa shape index (κ3) is 3.12. The lowest BCUT2D eigenvalue weighted by molar-refractivity contribution is 0.581. The van der Waals surface area contributed by atoms with E-state index in [4.69, 9.17) is 5.73 Å². The standard InChI is InChI=1S/C12H15N3O2S2/c1-2-9-4-6-18-11(9)7-15-19(16,17)12-8-14-5-3-10(12)13/h3-6,8,15H,2,7H2,1H3,(H2,13,14). The number of rotatable bonds is 5. The van der Waals surface area contributed by atoms with Gasteiger partial charge in [-0.25, -0.2) is 13.1 Å². The van der Waals surface area contributed by atoms with Gasteiger partial charge in [-0.1, -0.05) is 6.92 Å². The first-order valence-corrected chi connectivity index (χ1v) is 8.15. The molecule has 0 aliphatic rings. The molecule has 0 saturated carbocycles. The van der Waals surface area contributed by atoms with Gasteiger partial charge in [0.25, 0.3) is 0 Å². The molecule has 0 amide bonds. The van der Waals surface area contributed by atoms with Gasteiger partial charge in [0, 0.05) is 23.8 Å². The molecule has 102 valence electrons. The van der Waals surface area contributed by atoms with Gasteiger partial charge < -0.3 is 5.73 Å². The number of nitrogens with two attached hydrogens (primary N) is 1. The molecule has 19 heavy (non-hydrogen) atoms. The van der Waals surface area contributed by atoms with E-state index < -0.39 is 10.0 Å². The van der Waals surface area contributed by atoms with Crippen molar-refractivity contribution in [3.8, 4) is 0 Å². The molecule has 2 aromatic heterocycles. The Bertz CT molecular complexity index is 665. The summed E-state index contributed by atoms with van der Waals surface area (Å²) in [5.74, 6) is 0. The maximum absolute atomic E-state index is 12.1. The first-order valence-electron chi connectivity index (χ1n) is 5.79. The van der Waals surface area contributed by atoms with Crippen molar-refractivity contribution in [2.45, 2.75) is 24.8 Å². The Kier molecular flexibility index (Phi) is 4.18. The molecule has 0 saturated heterocycles. The molecule has 0 unspecified atom stereocenters. The van der Waals surface area contributed by atoms with Gasteiger partial charge in [-0.2, -0.15) is 0 Å². The van der Waals surface area contributed by atoms with Crippen LogP contribution in [-0.4, -0.2) is 13.4 Å². The monoisotopic (exact) mass is 297 g/mol. The summed E-state index contributed by atoms with van der Waals surface area (Å²) < 4.78 is 26.8. The van der Waals surface area contributed by atoms with E-state index in [9.17, 15) is 8.42 Å². The summed E-state index contributed by atoms with van der Waals surface area (Å²) in [6.45, 7) is 2.32. The Morgan fingerprint density at radius 3 is 2.89 bits per heavy atom. The number of nitrogen functional groups attached to an aromatic ring is 1. The molecule has 2 aromatic rings. The van der Waals surface area contributed by atoms with Crippen LogP contribution in [0.3, 0.4) is 0 Å². The third-order valence-corrected chi connectivity index (χ3v) is 5.16. The molecule has 0 aliphatic carbocycles. The lowest BCUT2D eigenvalue weighted by atomic mass is 10.2. The van der Waals surface area contributed by atoms with Crippen molar-refractivity contribution >= 4 is 27.0 Å². The van der Waals surface area contributed by atoms with Crippen molar-refractivity contribution < 1.29 is 8.42 Å². The topological polar surface area (TPSA) is 85.1 Å². The quantitative estimate of drug-likeness (QED) is 0.880. The van der Waals surface area contributed by atoms with Gasteiger partial charge in [-0.05, 0) is 29.5 Å². The van der Waals surface area contributed by atoms with Crippen molar-refractivity contribution in [1.82, 2.24) is 9.71 Å². The second-order valence-electron chi connectivity index (χ2n) is 3.96. The number of nitrogens with one attached hydrogen (secondary N) is 1. The number of sulfonamides is 1. The molecule has 2 heterocycles. The van der Waals surface area contributed by atoms with Gasteiger partial charge in [0.15, 0.2) is 0 Å². The van der Waals surface area contributed by atoms with E-state index in [1.165, 1.54) is 18.5 Å². The number of aryl methyl sites for hydroxylation is 1. The average Bonchev–Trinajstić information content (AvgIpc) is 2.84. The normalized spacial score (nSPS) is 11.6. The minimum atomic E-state index is -3.62. The van der Waals surface area contributed by atoms with Gasteiger partial charge >= 0.3 is 0 Å². The van der Waals surface area contributed by atoms with E-state index in [0.29, 0.717) is 0 Å². The third-order valence-electron chi connectivity index (χ3n) is 2.75. The molecule has 0 aromatic carbocycles. The highest BCUT2D eigenvalue weighted by atomic mass is 32.2. The number of hydrogen-bond donors (Lipinski definition) is 2. The maximum atomic E-state index is 12.1. The highest BCUT2D eigenvalue weighted by Crippen LogP contribution is 2.19. The van der Waals surface area contributed by atoms with Crippen LogP contribution in [-0.2, 0) is 23.0 Å². The number of aromatic nitrogens is 1. The molecule has 2 rings (SSSR count). The predicted octanol–water partition coefficient (Wildman–Crippen LogP) is 1.77. The molecule has 0 bridgehead atoms. The van der Waals surface area contributed by atoms with Crippen LogP contribution in [0, 0.1) is 0 Å². The molecule has 5 nitrogen and oxygen atoms in total. The van der Waals surface area contributed by atoms with Gasteiger partial charge in [-0.15, -0.1) is 11.3 Å². The average molecular weight is 297 g/mol. The Labute approximate surface area is 116 Å². The van der Waals surface area contributed by atoms with E-state index in [-0.39, 0.29) is 17.1 Å². The summed E-state index contributed by atoms with van der Waals surface area (Å²) in [5, 5.41) is 1.96. The van der Waals surface area contributed by atoms with Crippen LogP contribution >= 0.6 is 11.3 Å². The van der Waals surface area contributed by atoms with Crippen LogP contribution in [0.15, 0.2) is 34.8 Å². The minimum Gasteiger partial charge on any atom is -0.398 e. The molecule has 0 aliphatic heterocycles. The highest BCUT2D eigenvalue weighted by molar-refractivity contribution is 7.89. The second-order valence-corrected chi connectivity index (χ2v) is 6.70. The van der Waals surface area contributed by atoms with Crippen molar-refractivity contribution in [2.75, 3.05) is 5.73 Å². The zero-order valence-electron chi connectivity index (χ0n) is 10.5. The molecular weight excluding hydrogens is 282 g/mol. The van der Waals surface area contributed by atoms with E-state index in [1.807, 2.05) is 18.4 Å². The Hall–Kier alpha value is -1.44. The summed E-state index contributed by atoms with van der Waals surface area (Å²) >= 11 is 1.54. The largest absolute Gasteiger partial charge is 0.398 e. The highest BCUT2D eigenvalue weighted by Gasteiger charge is 2.17. The zero-order chi connectivity index (χ0) is 13.9. The van der Waals surface area contributed by atoms with E-state index in [2.05, 4.69) is 9.71 Å². The van der Waals surface area contributed by atoms with Crippen molar-refractivity contribution in [3.05, 3.63) is 40.3 Å². The van der Waals surface area contributed by atoms with E-state index in [1.54, 1.807) is 11.3 Å². The van der Waals surface area contributed by atoms with Crippen LogP contribution < -0.4 is 10.5 Å². The SMILES string of the molecule is CCc1ccsc1CNS(=O)(=O)c1cnccc1N. The number of nitrogens with zero attached hydrogens (tertiary/aromatic N) is 1. The fourth-order valence-electron chi connectivity index (χ4n) is 1.69. The van der Waals surface area contributed by atoms with Crippen molar-refractivity contribution in [1.29, 1.82) is 0 Å². The fraction of sp³-hybridized carbons (Fsp3) is 0.250. The molecule has 0 spiro atoms. The van der Waals surface area contributed by atoms with E-state index >= 15 is 0 Å². The number of anilines is 1. The Morgan fingerprint density at radius 2 is 2.21 bits per heavy atom. The first-order chi connectivity index (χ1) is 9.04. The summed E-state index contributed by atoms with van der Waals surface area (Å²) in [6.07, 6.45) is 3.60. The van der Waals surface area contributed by atoms with Crippen LogP contribution in [0.1, 0.15) is 17.4 Å². The minimum absolute atomic E-state index is 0.0182. The molecular formula is C12H15N3O2S2. The second kappa shape index (κ2) is 5.68. The summed E-state index contributed by atoms with van der Waals surface area (Å²) in [7, 11) is -3.62. The van der Waals surface area contributed by atoms with Crippen LogP contribution in [0.2, 0.25) is 0 Å². The Balaban J connectivity index is 2.17. The summed E-state index contributed by atoms with van der Waals surface area (Å²) in [5.41, 5.74) is 7.01. The molecule has 0 fully saturated rings. The van der Waals surface area contributed by atoms with Crippen LogP contribution in [0.4, 0.5) is 5.69 Å². The molecule has 7 heteroatoms. The lowest BCUT2D eigenvalue weighted by Gasteiger charge is -2.08. The summed E-state index contributed by atoms with van der Waals surface area (Å²) in [4.78, 5) is 4.83. The lowest BCUT2D eigenvalue weighted by Crippen LogP contribution is -2.24. The maximum Gasteiger partial charge on any atom is 0.244 e. The smallest absolute Gasteiger partial charge is 0.244 e. The van der Waals surface area contributed by atoms with Gasteiger partial charge in [0.1, 0.15) is 4.90 Å². The molecule has 0 atom stereocenters. The molecule has 3 N–H and O–H groups in total. The van der Waals surface area contributed by atoms with Crippen LogP contribution in [0.5, 0.6) is 0 Å². The predicted molar refractivity (Wildman–Crippen MR) is 76.4 cm³/mol. The number of pyridine rings is 1. The molecule has 0 radical (unpaired) electrons. The zero-order valence-corrected chi connectivity index (χ0v) is 12.1. The van der Waals surface area contributed by atoms with Crippen molar-refractivity contribution in [2.24, 2.45) is 0 Å². The van der Waals surface area contributed by atoms with E-state index in [0.717, 1.165) is 16.9 Å². The number of thiophene rings is 1.